The molecule has 2 aromatic carbocycles. The molecule has 0 aliphatic rings. The van der Waals surface area contributed by atoms with Gasteiger partial charge in [-0.25, -0.2) is 4.68 Å². The van der Waals surface area contributed by atoms with Crippen LogP contribution in [-0.2, 0) is 12.8 Å². The van der Waals surface area contributed by atoms with E-state index < -0.39 is 23.3 Å². The first-order chi connectivity index (χ1) is 16.8. The predicted octanol–water partition coefficient (Wildman–Crippen LogP) is 4.37. The van der Waals surface area contributed by atoms with Crippen molar-refractivity contribution in [2.24, 2.45) is 0 Å². The Morgan fingerprint density at radius 2 is 1.71 bits per heavy atom. The third-order valence-electron chi connectivity index (χ3n) is 5.13. The highest BCUT2D eigenvalue weighted by molar-refractivity contribution is 5.95. The number of carbonyl (C=O) groups excluding carboxylic acids is 1. The Hall–Kier alpha value is -4.34. The van der Waals surface area contributed by atoms with E-state index in [0.717, 1.165) is 11.8 Å². The zero-order chi connectivity index (χ0) is 25.0. The molecule has 0 saturated heterocycles. The van der Waals surface area contributed by atoms with E-state index in [1.807, 2.05) is 30.3 Å². The summed E-state index contributed by atoms with van der Waals surface area (Å²) in [6, 6.07) is 18.2. The maximum Gasteiger partial charge on any atom is 0.434 e. The first-order valence-electron chi connectivity index (χ1n) is 10.7. The van der Waals surface area contributed by atoms with Gasteiger partial charge in [-0.2, -0.15) is 18.3 Å². The van der Waals surface area contributed by atoms with E-state index in [4.69, 9.17) is 4.74 Å². The minimum atomic E-state index is -4.80. The second-order valence-corrected chi connectivity index (χ2v) is 7.54. The van der Waals surface area contributed by atoms with Gasteiger partial charge >= 0.3 is 6.18 Å². The molecular formula is C25H21F3N4O3. The Labute approximate surface area is 198 Å². The maximum atomic E-state index is 13.7. The second-order valence-electron chi connectivity index (χ2n) is 7.54. The Balaban J connectivity index is 1.58. The quantitative estimate of drug-likeness (QED) is 0.424. The average Bonchev–Trinajstić information content (AvgIpc) is 3.30. The fraction of sp³-hybridized carbons (Fsp3) is 0.160. The van der Waals surface area contributed by atoms with Gasteiger partial charge in [-0.1, -0.05) is 30.3 Å². The number of amides is 1. The predicted molar refractivity (Wildman–Crippen MR) is 123 cm³/mol. The van der Waals surface area contributed by atoms with Gasteiger partial charge in [-0.05, 0) is 42.8 Å². The summed E-state index contributed by atoms with van der Waals surface area (Å²) in [6.07, 6.45) is -2.39. The van der Waals surface area contributed by atoms with Crippen molar-refractivity contribution < 1.29 is 22.7 Å². The first kappa shape index (κ1) is 23.8. The molecule has 10 heteroatoms. The van der Waals surface area contributed by atoms with Crippen LogP contribution < -0.4 is 15.6 Å². The molecule has 4 rings (SSSR count). The van der Waals surface area contributed by atoms with Crippen molar-refractivity contribution in [1.29, 1.82) is 0 Å². The lowest BCUT2D eigenvalue weighted by atomic mass is 10.2. The molecule has 0 unspecified atom stereocenters. The molecule has 0 aliphatic heterocycles. The summed E-state index contributed by atoms with van der Waals surface area (Å²) in [5, 5.41) is 6.14. The van der Waals surface area contributed by atoms with E-state index >= 15 is 0 Å². The first-order valence-corrected chi connectivity index (χ1v) is 10.7. The van der Waals surface area contributed by atoms with E-state index in [9.17, 15) is 22.8 Å². The molecule has 0 saturated carbocycles. The fourth-order valence-corrected chi connectivity index (χ4v) is 3.50. The van der Waals surface area contributed by atoms with Gasteiger partial charge in [0.2, 0.25) is 0 Å². The standard InChI is InChI=1S/C25H21F3N4O3/c1-2-29-24(34)21-15-30-32(23(21)25(26,27)28)19-10-8-18(9-11-19)31-13-12-20(14-22(31)33)35-16-17-6-4-3-5-7-17/h3-15H,2,16H2,1H3,(H,29,34). The molecule has 0 aliphatic carbocycles. The van der Waals surface area contributed by atoms with Crippen LogP contribution in [0, 0.1) is 0 Å². The lowest BCUT2D eigenvalue weighted by molar-refractivity contribution is -0.143. The van der Waals surface area contributed by atoms with Crippen molar-refractivity contribution in [3.05, 3.63) is 106 Å². The molecule has 0 atom stereocenters. The second kappa shape index (κ2) is 9.88. The van der Waals surface area contributed by atoms with E-state index in [2.05, 4.69) is 10.4 Å². The third-order valence-corrected chi connectivity index (χ3v) is 5.13. The van der Waals surface area contributed by atoms with Crippen LogP contribution in [0.15, 0.2) is 83.9 Å². The Bertz CT molecular complexity index is 1380. The molecule has 0 fully saturated rings. The highest BCUT2D eigenvalue weighted by Crippen LogP contribution is 2.33. The zero-order valence-corrected chi connectivity index (χ0v) is 18.6. The fourth-order valence-electron chi connectivity index (χ4n) is 3.50. The molecule has 0 spiro atoms. The summed E-state index contributed by atoms with van der Waals surface area (Å²) < 4.78 is 48.9. The summed E-state index contributed by atoms with van der Waals surface area (Å²) in [7, 11) is 0. The number of hydrogen-bond acceptors (Lipinski definition) is 4. The molecule has 7 nitrogen and oxygen atoms in total. The third kappa shape index (κ3) is 5.26. The number of rotatable bonds is 7. The van der Waals surface area contributed by atoms with Crippen LogP contribution in [0.3, 0.4) is 0 Å². The molecule has 1 amide bonds. The molecular weight excluding hydrogens is 461 g/mol. The van der Waals surface area contributed by atoms with Crippen molar-refractivity contribution >= 4 is 5.91 Å². The van der Waals surface area contributed by atoms with Gasteiger partial charge in [0.15, 0.2) is 5.69 Å². The molecule has 2 heterocycles. The van der Waals surface area contributed by atoms with E-state index in [1.165, 1.54) is 41.1 Å². The van der Waals surface area contributed by atoms with Crippen molar-refractivity contribution in [1.82, 2.24) is 19.7 Å². The number of pyridine rings is 1. The van der Waals surface area contributed by atoms with Crippen molar-refractivity contribution in [3.8, 4) is 17.1 Å². The number of benzene rings is 2. The topological polar surface area (TPSA) is 78.2 Å². The maximum absolute atomic E-state index is 13.7. The average molecular weight is 482 g/mol. The lowest BCUT2D eigenvalue weighted by Crippen LogP contribution is -2.26. The number of ether oxygens (including phenoxy) is 1. The molecule has 0 bridgehead atoms. The largest absolute Gasteiger partial charge is 0.489 e. The highest BCUT2D eigenvalue weighted by atomic mass is 19.4. The van der Waals surface area contributed by atoms with Gasteiger partial charge in [0, 0.05) is 24.5 Å². The zero-order valence-electron chi connectivity index (χ0n) is 18.6. The van der Waals surface area contributed by atoms with Crippen molar-refractivity contribution in [2.75, 3.05) is 6.54 Å². The molecule has 180 valence electrons. The van der Waals surface area contributed by atoms with Gasteiger partial charge in [0.05, 0.1) is 17.4 Å². The number of carbonyl (C=O) groups is 1. The Morgan fingerprint density at radius 3 is 2.34 bits per heavy atom. The van der Waals surface area contributed by atoms with Crippen LogP contribution in [-0.4, -0.2) is 26.8 Å². The van der Waals surface area contributed by atoms with E-state index in [-0.39, 0.29) is 17.8 Å². The van der Waals surface area contributed by atoms with Gasteiger partial charge in [-0.15, -0.1) is 0 Å². The summed E-state index contributed by atoms with van der Waals surface area (Å²) in [6.45, 7) is 2.10. The van der Waals surface area contributed by atoms with E-state index in [0.29, 0.717) is 22.7 Å². The number of hydrogen-bond donors (Lipinski definition) is 1. The van der Waals surface area contributed by atoms with Crippen LogP contribution in [0.25, 0.3) is 11.4 Å². The van der Waals surface area contributed by atoms with Crippen LogP contribution in [0.2, 0.25) is 0 Å². The molecule has 35 heavy (non-hydrogen) atoms. The number of halogens is 3. The number of nitrogens with one attached hydrogen (secondary N) is 1. The normalized spacial score (nSPS) is 11.3. The van der Waals surface area contributed by atoms with Crippen molar-refractivity contribution in [3.63, 3.8) is 0 Å². The summed E-state index contributed by atoms with van der Waals surface area (Å²) >= 11 is 0. The van der Waals surface area contributed by atoms with E-state index in [1.54, 1.807) is 13.0 Å². The number of alkyl halides is 3. The summed E-state index contributed by atoms with van der Waals surface area (Å²) in [4.78, 5) is 24.7. The van der Waals surface area contributed by atoms with Gasteiger partial charge in [-0.3, -0.25) is 14.2 Å². The van der Waals surface area contributed by atoms with Crippen LogP contribution in [0.4, 0.5) is 13.2 Å². The minimum Gasteiger partial charge on any atom is -0.489 e. The molecule has 1 N–H and O–H groups in total. The van der Waals surface area contributed by atoms with Crippen LogP contribution in [0.5, 0.6) is 5.75 Å². The van der Waals surface area contributed by atoms with Crippen LogP contribution in [0.1, 0.15) is 28.5 Å². The monoisotopic (exact) mass is 482 g/mol. The number of aromatic nitrogens is 3. The Morgan fingerprint density at radius 1 is 1.03 bits per heavy atom. The summed E-state index contributed by atoms with van der Waals surface area (Å²) in [5.41, 5.74) is -0.610. The highest BCUT2D eigenvalue weighted by Gasteiger charge is 2.40. The van der Waals surface area contributed by atoms with Gasteiger partial charge in [0.1, 0.15) is 12.4 Å². The van der Waals surface area contributed by atoms with Gasteiger partial charge < -0.3 is 10.1 Å². The molecule has 0 radical (unpaired) electrons. The molecule has 2 aromatic heterocycles. The SMILES string of the molecule is CCNC(=O)c1cnn(-c2ccc(-n3ccc(OCc4ccccc4)cc3=O)cc2)c1C(F)(F)F. The van der Waals surface area contributed by atoms with Crippen LogP contribution >= 0.6 is 0 Å². The number of nitrogens with zero attached hydrogens (tertiary/aromatic N) is 3. The minimum absolute atomic E-state index is 0.0903. The van der Waals surface area contributed by atoms with Gasteiger partial charge in [0.25, 0.3) is 11.5 Å². The lowest BCUT2D eigenvalue weighted by Gasteiger charge is -2.13. The Kier molecular flexibility index (Phi) is 6.72. The summed E-state index contributed by atoms with van der Waals surface area (Å²) in [5.74, 6) is -0.459. The molecule has 4 aromatic rings. The smallest absolute Gasteiger partial charge is 0.434 e. The van der Waals surface area contributed by atoms with Crippen molar-refractivity contribution in [2.45, 2.75) is 19.7 Å².